The molecule has 0 radical (unpaired) electrons. The largest absolute Gasteiger partial charge is 0.456 e. The van der Waals surface area contributed by atoms with E-state index in [1.165, 1.54) is 25.7 Å². The standard InChI is InChI=1S/C58H34O2.C54H32OS/c1-2-16-36(17-3-1)53-42-19-6-8-21-44(42)54(45-22-9-7-20-43(45)53)40-26-12-25-39-38(40)24-13-27-41(39)56-46(32-34-52-57(56)48-23-10-11-30-50(48)59-52)47-28-14-29-49-55-37-18-5-4-15-35(37)31-33-51(55)60-58(47)49;1-2-15-33(16-3-1)50-39-18-4-6-20-41(39)51(42-21-7-5-19-40(42)50)37-25-12-24-35-34(37)23-13-26-38(35)52-43(31-32-48-53(52)46-22-8-10-29-47(46)55-48)45-28-14-27-44-36-17-9-11-30-49(36)56-54(44)45/h1-34H;1-32H/i1D,2D,3D,16D,17D;1D,2D,3D,15D,16D. The summed E-state index contributed by atoms with van der Waals surface area (Å²) in [6.45, 7) is 0. The first kappa shape index (κ1) is 56.3. The number of benzene rings is 21. The Morgan fingerprint density at radius 3 is 1.00 bits per heavy atom. The Bertz CT molecular complexity index is 8920. The third-order valence-electron chi connectivity index (χ3n) is 23.7. The zero-order chi connectivity index (χ0) is 84.8. The van der Waals surface area contributed by atoms with Crippen LogP contribution in [-0.4, -0.2) is 0 Å². The van der Waals surface area contributed by atoms with E-state index in [9.17, 15) is 0 Å². The van der Waals surface area contributed by atoms with Gasteiger partial charge in [0.15, 0.2) is 0 Å². The molecule has 25 aromatic rings. The minimum Gasteiger partial charge on any atom is -0.456 e. The second-order valence-corrected chi connectivity index (χ2v) is 30.8. The molecule has 0 aliphatic rings. The fourth-order valence-electron chi connectivity index (χ4n) is 19.0. The molecular weight excluding hydrogens is 1430 g/mol. The zero-order valence-electron chi connectivity index (χ0n) is 72.0. The van der Waals surface area contributed by atoms with E-state index < -0.39 is 12.1 Å². The molecule has 0 N–H and O–H groups in total. The molecule has 4 heteroatoms. The van der Waals surface area contributed by atoms with Crippen molar-refractivity contribution < 1.29 is 27.0 Å². The van der Waals surface area contributed by atoms with Gasteiger partial charge in [0, 0.05) is 74.7 Å². The summed E-state index contributed by atoms with van der Waals surface area (Å²) in [7, 11) is 0. The third kappa shape index (κ3) is 10.0. The Balaban J connectivity index is 0.000000141. The highest BCUT2D eigenvalue weighted by atomic mass is 32.1. The molecule has 21 aromatic carbocycles. The molecule has 25 rings (SSSR count). The number of rotatable bonds is 8. The Labute approximate surface area is 684 Å². The van der Waals surface area contributed by atoms with Crippen LogP contribution >= 0.6 is 11.3 Å². The summed E-state index contributed by atoms with van der Waals surface area (Å²) >= 11 is 1.83. The summed E-state index contributed by atoms with van der Waals surface area (Å²) in [5.41, 5.74) is 19.3. The minimum absolute atomic E-state index is 0.191. The van der Waals surface area contributed by atoms with Crippen molar-refractivity contribution in [2.75, 3.05) is 0 Å². The Morgan fingerprint density at radius 1 is 0.190 bits per heavy atom. The molecule has 0 fully saturated rings. The van der Waals surface area contributed by atoms with Gasteiger partial charge in [-0.05, 0) is 191 Å². The van der Waals surface area contributed by atoms with Gasteiger partial charge in [-0.25, -0.2) is 0 Å². The molecule has 0 bridgehead atoms. The lowest BCUT2D eigenvalue weighted by Crippen LogP contribution is -1.93. The van der Waals surface area contributed by atoms with Gasteiger partial charge in [-0.1, -0.05) is 352 Å². The smallest absolute Gasteiger partial charge is 0.143 e. The van der Waals surface area contributed by atoms with Crippen molar-refractivity contribution in [3.63, 3.8) is 0 Å². The topological polar surface area (TPSA) is 39.4 Å². The summed E-state index contributed by atoms with van der Waals surface area (Å²) in [4.78, 5) is 0. The van der Waals surface area contributed by atoms with Gasteiger partial charge in [0.1, 0.15) is 33.5 Å². The van der Waals surface area contributed by atoms with E-state index in [2.05, 4.69) is 243 Å². The predicted molar refractivity (Wildman–Crippen MR) is 494 cm³/mol. The average molecular weight is 1500 g/mol. The van der Waals surface area contributed by atoms with Crippen molar-refractivity contribution in [3.8, 4) is 89.0 Å². The third-order valence-corrected chi connectivity index (χ3v) is 25.0. The first-order chi connectivity index (χ1) is 61.8. The molecule has 0 aliphatic carbocycles. The summed E-state index contributed by atoms with van der Waals surface area (Å²) in [5.74, 6) is 0. The van der Waals surface area contributed by atoms with Crippen molar-refractivity contribution in [2.45, 2.75) is 0 Å². The van der Waals surface area contributed by atoms with Crippen LogP contribution in [0.15, 0.2) is 413 Å². The van der Waals surface area contributed by atoms with Crippen LogP contribution in [0.5, 0.6) is 0 Å². The molecule has 0 amide bonds. The number of hydrogen-bond acceptors (Lipinski definition) is 4. The van der Waals surface area contributed by atoms with Gasteiger partial charge in [0.05, 0.1) is 13.7 Å². The maximum Gasteiger partial charge on any atom is 0.143 e. The van der Waals surface area contributed by atoms with Gasteiger partial charge in [-0.15, -0.1) is 11.3 Å². The Morgan fingerprint density at radius 2 is 0.526 bits per heavy atom. The van der Waals surface area contributed by atoms with E-state index in [-0.39, 0.29) is 59.5 Å². The maximum atomic E-state index is 9.05. The van der Waals surface area contributed by atoms with Crippen LogP contribution in [0.3, 0.4) is 0 Å². The molecule has 0 unspecified atom stereocenters. The van der Waals surface area contributed by atoms with Crippen LogP contribution in [0.1, 0.15) is 13.7 Å². The van der Waals surface area contributed by atoms with Crippen LogP contribution in [0.4, 0.5) is 0 Å². The highest BCUT2D eigenvalue weighted by Gasteiger charge is 2.28. The van der Waals surface area contributed by atoms with Gasteiger partial charge in [-0.3, -0.25) is 0 Å². The van der Waals surface area contributed by atoms with Crippen LogP contribution in [-0.2, 0) is 0 Å². The normalized spacial score (nSPS) is 13.2. The highest BCUT2D eigenvalue weighted by Crippen LogP contribution is 2.54. The second kappa shape index (κ2) is 26.3. The summed E-state index contributed by atoms with van der Waals surface area (Å²) in [5, 5.41) is 22.3. The van der Waals surface area contributed by atoms with Crippen LogP contribution in [0, 0.1) is 0 Å². The molecule has 0 saturated carbocycles. The van der Waals surface area contributed by atoms with E-state index in [0.29, 0.717) is 11.1 Å². The Hall–Kier alpha value is -14.9. The predicted octanol–water partition coefficient (Wildman–Crippen LogP) is 32.8. The molecule has 0 atom stereocenters. The van der Waals surface area contributed by atoms with E-state index in [0.717, 1.165) is 202 Å². The van der Waals surface area contributed by atoms with Crippen molar-refractivity contribution in [2.24, 2.45) is 0 Å². The molecule has 0 aliphatic heterocycles. The average Bonchev–Trinajstić information content (AvgIpc) is 0.793. The van der Waals surface area contributed by atoms with E-state index in [1.54, 1.807) is 0 Å². The van der Waals surface area contributed by atoms with E-state index >= 15 is 0 Å². The number of hydrogen-bond donors (Lipinski definition) is 0. The van der Waals surface area contributed by atoms with Crippen molar-refractivity contribution in [1.29, 1.82) is 0 Å². The van der Waals surface area contributed by atoms with Gasteiger partial charge in [0.2, 0.25) is 0 Å². The minimum atomic E-state index is -0.411. The Kier molecular flexibility index (Phi) is 12.8. The number of thiophene rings is 1. The molecule has 4 aromatic heterocycles. The monoisotopic (exact) mass is 1500 g/mol. The first-order valence-electron chi connectivity index (χ1n) is 43.9. The summed E-state index contributed by atoms with van der Waals surface area (Å²) < 4.78 is 110. The van der Waals surface area contributed by atoms with Gasteiger partial charge < -0.3 is 13.3 Å². The SMILES string of the molecule is [2H]c1c([2H])c([2H])c(-c2c3ccccc3c(-c3cccc4c(-c5c(-c6cccc7c6oc6ccc8ccccc8c67)ccc6oc7ccccc7c56)cccc34)c3ccccc23)c([2H])c1[2H].[2H]c1c([2H])c([2H])c(-c2c3ccccc3c(-c3cccc4c(-c5c(-c6cccc7c6sc6ccccc67)ccc6oc7ccccc7c56)cccc34)c3ccccc23)c([2H])c1[2H]. The zero-order valence-corrected chi connectivity index (χ0v) is 62.8. The van der Waals surface area contributed by atoms with E-state index in [4.69, 9.17) is 27.0 Å². The molecule has 0 spiro atoms. The number of para-hydroxylation sites is 3. The van der Waals surface area contributed by atoms with Crippen LogP contribution < -0.4 is 0 Å². The number of furan rings is 3. The van der Waals surface area contributed by atoms with E-state index in [1.807, 2.05) is 108 Å². The number of fused-ring (bicyclic) bond motifs is 20. The van der Waals surface area contributed by atoms with Crippen molar-refractivity contribution in [3.05, 3.63) is 400 Å². The molecular formula is C112H66O3S. The lowest BCUT2D eigenvalue weighted by atomic mass is 9.83. The van der Waals surface area contributed by atoms with Crippen LogP contribution in [0.25, 0.3) is 250 Å². The maximum absolute atomic E-state index is 9.05. The van der Waals surface area contributed by atoms with Crippen molar-refractivity contribution >= 4 is 173 Å². The van der Waals surface area contributed by atoms with Gasteiger partial charge in [-0.2, -0.15) is 0 Å². The molecule has 0 saturated heterocycles. The molecule has 3 nitrogen and oxygen atoms in total. The second-order valence-electron chi connectivity index (χ2n) is 29.7. The quantitative estimate of drug-likeness (QED) is 0.142. The van der Waals surface area contributed by atoms with Crippen molar-refractivity contribution in [1.82, 2.24) is 0 Å². The lowest BCUT2D eigenvalue weighted by Gasteiger charge is -2.20. The summed E-state index contributed by atoms with van der Waals surface area (Å²) in [6, 6.07) is 115. The van der Waals surface area contributed by atoms with Gasteiger partial charge in [0.25, 0.3) is 0 Å². The van der Waals surface area contributed by atoms with Crippen LogP contribution in [0.2, 0.25) is 0 Å². The summed E-state index contributed by atoms with van der Waals surface area (Å²) in [6.07, 6.45) is 0. The highest BCUT2D eigenvalue weighted by molar-refractivity contribution is 7.26. The van der Waals surface area contributed by atoms with Gasteiger partial charge >= 0.3 is 0 Å². The molecule has 116 heavy (non-hydrogen) atoms. The first-order valence-corrected chi connectivity index (χ1v) is 39.8. The lowest BCUT2D eigenvalue weighted by molar-refractivity contribution is 0.668. The molecule has 538 valence electrons. The fraction of sp³-hybridized carbons (Fsp3) is 0. The fourth-order valence-corrected chi connectivity index (χ4v) is 20.2. The molecule has 4 heterocycles.